The molecule has 2 aromatic carbocycles. The van der Waals surface area contributed by atoms with Crippen molar-refractivity contribution in [2.75, 3.05) is 6.61 Å². The van der Waals surface area contributed by atoms with Crippen molar-refractivity contribution in [3.63, 3.8) is 0 Å². The largest absolute Gasteiger partial charge is 0.508 e. The molecule has 33 heavy (non-hydrogen) atoms. The monoisotopic (exact) mass is 445 g/mol. The molecule has 0 saturated heterocycles. The van der Waals surface area contributed by atoms with Crippen molar-refractivity contribution in [2.45, 2.75) is 20.4 Å². The Labute approximate surface area is 189 Å². The van der Waals surface area contributed by atoms with E-state index in [2.05, 4.69) is 15.3 Å². The van der Waals surface area contributed by atoms with Gasteiger partial charge in [0.25, 0.3) is 5.91 Å². The van der Waals surface area contributed by atoms with Crippen molar-refractivity contribution >= 4 is 5.91 Å². The van der Waals surface area contributed by atoms with Gasteiger partial charge in [0.1, 0.15) is 23.0 Å². The molecule has 0 bridgehead atoms. The van der Waals surface area contributed by atoms with Gasteiger partial charge in [0, 0.05) is 11.1 Å². The Morgan fingerprint density at radius 3 is 2.70 bits per heavy atom. The Morgan fingerprint density at radius 1 is 1.09 bits per heavy atom. The molecule has 168 valence electrons. The second-order valence-corrected chi connectivity index (χ2v) is 7.59. The lowest BCUT2D eigenvalue weighted by molar-refractivity contribution is -0.123. The number of rotatable bonds is 7. The van der Waals surface area contributed by atoms with Gasteiger partial charge in [-0.1, -0.05) is 12.1 Å². The van der Waals surface area contributed by atoms with E-state index in [1.807, 2.05) is 25.1 Å². The number of carbonyl (C=O) groups is 1. The van der Waals surface area contributed by atoms with E-state index in [1.54, 1.807) is 49.4 Å². The van der Waals surface area contributed by atoms with E-state index in [0.717, 1.165) is 5.76 Å². The van der Waals surface area contributed by atoms with Crippen molar-refractivity contribution in [1.82, 2.24) is 15.3 Å². The second-order valence-electron chi connectivity index (χ2n) is 7.59. The molecule has 0 atom stereocenters. The van der Waals surface area contributed by atoms with Crippen LogP contribution < -0.4 is 15.7 Å². The normalized spacial score (nSPS) is 10.7. The molecule has 3 N–H and O–H groups in total. The summed E-state index contributed by atoms with van der Waals surface area (Å²) in [5.41, 5.74) is 2.65. The number of aromatic nitrogens is 2. The molecule has 0 aliphatic rings. The zero-order valence-corrected chi connectivity index (χ0v) is 18.2. The zero-order chi connectivity index (χ0) is 23.4. The van der Waals surface area contributed by atoms with Gasteiger partial charge in [0.05, 0.1) is 17.9 Å². The van der Waals surface area contributed by atoms with Crippen LogP contribution in [-0.4, -0.2) is 27.6 Å². The van der Waals surface area contributed by atoms with E-state index in [-0.39, 0.29) is 24.8 Å². The Bertz CT molecular complexity index is 1360. The van der Waals surface area contributed by atoms with Crippen molar-refractivity contribution < 1.29 is 19.1 Å². The summed E-state index contributed by atoms with van der Waals surface area (Å²) in [6.07, 6.45) is 0. The summed E-state index contributed by atoms with van der Waals surface area (Å²) in [6.45, 7) is 3.74. The first-order valence-corrected chi connectivity index (χ1v) is 10.3. The van der Waals surface area contributed by atoms with Crippen LogP contribution >= 0.6 is 0 Å². The van der Waals surface area contributed by atoms with Crippen LogP contribution in [0.5, 0.6) is 11.5 Å². The van der Waals surface area contributed by atoms with Crippen LogP contribution in [-0.2, 0) is 11.3 Å². The highest BCUT2D eigenvalue weighted by Crippen LogP contribution is 2.27. The molecule has 8 nitrogen and oxygen atoms in total. The third-order valence-electron chi connectivity index (χ3n) is 5.01. The fraction of sp³-hybridized carbons (Fsp3) is 0.160. The molecule has 0 unspecified atom stereocenters. The third kappa shape index (κ3) is 5.48. The number of carbonyl (C=O) groups excluding carboxylic acids is 1. The number of aromatic hydroxyl groups is 1. The molecule has 0 radical (unpaired) electrons. The molecular formula is C25H23N3O5. The van der Waals surface area contributed by atoms with E-state index >= 15 is 0 Å². The summed E-state index contributed by atoms with van der Waals surface area (Å²) >= 11 is 0. The second kappa shape index (κ2) is 9.44. The van der Waals surface area contributed by atoms with Gasteiger partial charge < -0.3 is 24.6 Å². The number of aromatic amines is 1. The highest BCUT2D eigenvalue weighted by atomic mass is 16.5. The van der Waals surface area contributed by atoms with Gasteiger partial charge in [0.15, 0.2) is 6.61 Å². The molecule has 4 aromatic rings. The molecule has 2 heterocycles. The number of phenols is 1. The Kier molecular flexibility index (Phi) is 6.26. The number of hydrogen-bond donors (Lipinski definition) is 3. The fourth-order valence-electron chi connectivity index (χ4n) is 3.29. The summed E-state index contributed by atoms with van der Waals surface area (Å²) in [5, 5.41) is 12.5. The summed E-state index contributed by atoms with van der Waals surface area (Å²) in [5.74, 6) is 1.83. The average Bonchev–Trinajstić information content (AvgIpc) is 3.23. The maximum absolute atomic E-state index is 12.2. The zero-order valence-electron chi connectivity index (χ0n) is 18.2. The first-order chi connectivity index (χ1) is 15.9. The highest BCUT2D eigenvalue weighted by molar-refractivity contribution is 5.77. The fourth-order valence-corrected chi connectivity index (χ4v) is 3.29. The van der Waals surface area contributed by atoms with Crippen LogP contribution in [0.4, 0.5) is 0 Å². The van der Waals surface area contributed by atoms with Crippen LogP contribution in [0.15, 0.2) is 69.9 Å². The van der Waals surface area contributed by atoms with Crippen LogP contribution in [0, 0.1) is 13.8 Å². The van der Waals surface area contributed by atoms with E-state index in [1.165, 1.54) is 0 Å². The first kappa shape index (κ1) is 21.9. The molecule has 4 rings (SSSR count). The first-order valence-electron chi connectivity index (χ1n) is 10.3. The van der Waals surface area contributed by atoms with E-state index < -0.39 is 5.69 Å². The van der Waals surface area contributed by atoms with Crippen LogP contribution in [0.3, 0.4) is 0 Å². The number of hydrogen-bond acceptors (Lipinski definition) is 6. The topological polar surface area (TPSA) is 117 Å². The van der Waals surface area contributed by atoms with Crippen molar-refractivity contribution in [3.8, 4) is 34.0 Å². The van der Waals surface area contributed by atoms with Gasteiger partial charge in [-0.15, -0.1) is 0 Å². The molecule has 0 aliphatic carbocycles. The van der Waals surface area contributed by atoms with Gasteiger partial charge in [0.2, 0.25) is 0 Å². The highest BCUT2D eigenvalue weighted by Gasteiger charge is 2.10. The molecule has 1 amide bonds. The Balaban J connectivity index is 1.47. The standard InChI is InChI=1S/C25H23N3O5/c1-15-10-18(7-9-23(15)29)22-12-21(27-25(31)28-22)17-4-3-5-19(11-17)32-14-24(30)26-13-20-8-6-16(2)33-20/h3-12,29H,13-14H2,1-2H3,(H,26,30)(H,27,28,31). The van der Waals surface area contributed by atoms with Gasteiger partial charge in [-0.2, -0.15) is 4.98 Å². The van der Waals surface area contributed by atoms with E-state index in [4.69, 9.17) is 9.15 Å². The average molecular weight is 445 g/mol. The van der Waals surface area contributed by atoms with E-state index in [0.29, 0.717) is 39.6 Å². The Morgan fingerprint density at radius 2 is 1.94 bits per heavy atom. The van der Waals surface area contributed by atoms with Gasteiger partial charge in [-0.3, -0.25) is 4.79 Å². The summed E-state index contributed by atoms with van der Waals surface area (Å²) < 4.78 is 11.0. The number of ether oxygens (including phenoxy) is 1. The maximum Gasteiger partial charge on any atom is 0.345 e. The lowest BCUT2D eigenvalue weighted by Gasteiger charge is -2.10. The molecule has 8 heteroatoms. The van der Waals surface area contributed by atoms with Gasteiger partial charge >= 0.3 is 5.69 Å². The molecule has 2 aromatic heterocycles. The molecule has 0 saturated carbocycles. The van der Waals surface area contributed by atoms with Gasteiger partial charge in [-0.05, 0) is 67.9 Å². The minimum atomic E-state index is -0.493. The lowest BCUT2D eigenvalue weighted by atomic mass is 10.1. The number of nitrogens with one attached hydrogen (secondary N) is 2. The minimum absolute atomic E-state index is 0.159. The van der Waals surface area contributed by atoms with Crippen molar-refractivity contribution in [2.24, 2.45) is 0 Å². The predicted octanol–water partition coefficient (Wildman–Crippen LogP) is 3.71. The quantitative estimate of drug-likeness (QED) is 0.399. The number of phenolic OH excluding ortho intramolecular Hbond substituents is 1. The lowest BCUT2D eigenvalue weighted by Crippen LogP contribution is -2.28. The summed E-state index contributed by atoms with van der Waals surface area (Å²) in [6, 6.07) is 17.5. The number of benzene rings is 2. The molecule has 0 aliphatic heterocycles. The minimum Gasteiger partial charge on any atom is -0.508 e. The van der Waals surface area contributed by atoms with Crippen LogP contribution in [0.25, 0.3) is 22.5 Å². The smallest absolute Gasteiger partial charge is 0.345 e. The summed E-state index contributed by atoms with van der Waals surface area (Å²) in [4.78, 5) is 31.1. The van der Waals surface area contributed by atoms with Crippen LogP contribution in [0.1, 0.15) is 17.1 Å². The third-order valence-corrected chi connectivity index (χ3v) is 5.01. The van der Waals surface area contributed by atoms with E-state index in [9.17, 15) is 14.7 Å². The number of amides is 1. The summed E-state index contributed by atoms with van der Waals surface area (Å²) in [7, 11) is 0. The maximum atomic E-state index is 12.2. The Hall–Kier alpha value is -4.33. The van der Waals surface area contributed by atoms with Crippen molar-refractivity contribution in [3.05, 3.63) is 88.2 Å². The number of H-pyrrole nitrogens is 1. The van der Waals surface area contributed by atoms with Crippen LogP contribution in [0.2, 0.25) is 0 Å². The number of nitrogens with zero attached hydrogens (tertiary/aromatic N) is 1. The SMILES string of the molecule is Cc1ccc(CNC(=O)COc2cccc(-c3cc(-c4ccc(O)c(C)c4)nc(=O)[nH]3)c2)o1. The number of aryl methyl sites for hydroxylation is 2. The van der Waals surface area contributed by atoms with Crippen molar-refractivity contribution in [1.29, 1.82) is 0 Å². The van der Waals surface area contributed by atoms with Gasteiger partial charge in [-0.25, -0.2) is 4.79 Å². The predicted molar refractivity (Wildman–Crippen MR) is 123 cm³/mol. The molecule has 0 spiro atoms. The molecule has 0 fully saturated rings. The number of furan rings is 1. The molecular weight excluding hydrogens is 422 g/mol.